The quantitative estimate of drug-likeness (QED) is 0.674. The molecule has 0 amide bonds. The van der Waals surface area contributed by atoms with E-state index in [1.165, 1.54) is 6.07 Å². The Balaban J connectivity index is 2.76. The van der Waals surface area contributed by atoms with Crippen molar-refractivity contribution in [2.75, 3.05) is 0 Å². The monoisotopic (exact) mass is 244 g/mol. The highest BCUT2D eigenvalue weighted by Gasteiger charge is 2.15. The topological polar surface area (TPSA) is 60.7 Å². The molecular formula is C15H16O3. The van der Waals surface area contributed by atoms with Crippen LogP contribution in [0.5, 0.6) is 17.2 Å². The third kappa shape index (κ3) is 1.78. The van der Waals surface area contributed by atoms with Gasteiger partial charge >= 0.3 is 0 Å². The van der Waals surface area contributed by atoms with Gasteiger partial charge in [0, 0.05) is 11.1 Å². The number of rotatable bonds is 1. The van der Waals surface area contributed by atoms with Crippen LogP contribution in [0.1, 0.15) is 16.7 Å². The summed E-state index contributed by atoms with van der Waals surface area (Å²) < 4.78 is 0. The number of phenolic OH excluding ortho intramolecular Hbond substituents is 3. The van der Waals surface area contributed by atoms with Crippen molar-refractivity contribution < 1.29 is 15.3 Å². The standard InChI is InChI=1S/C15H16O3/c1-8-7-12(14(17)10(3)9(8)2)11-5-4-6-13(16)15(11)18/h4-7,16-18H,1-3H3. The minimum Gasteiger partial charge on any atom is -0.507 e. The molecule has 2 aromatic carbocycles. The maximum absolute atomic E-state index is 10.2. The van der Waals surface area contributed by atoms with Crippen molar-refractivity contribution in [1.29, 1.82) is 0 Å². The molecule has 2 aromatic rings. The largest absolute Gasteiger partial charge is 0.507 e. The van der Waals surface area contributed by atoms with Gasteiger partial charge < -0.3 is 15.3 Å². The van der Waals surface area contributed by atoms with Crippen molar-refractivity contribution in [2.24, 2.45) is 0 Å². The molecule has 0 atom stereocenters. The van der Waals surface area contributed by atoms with Crippen LogP contribution < -0.4 is 0 Å². The van der Waals surface area contributed by atoms with Crippen molar-refractivity contribution in [2.45, 2.75) is 20.8 Å². The van der Waals surface area contributed by atoms with Crippen LogP contribution in [0.15, 0.2) is 24.3 Å². The molecule has 0 saturated heterocycles. The van der Waals surface area contributed by atoms with Crippen molar-refractivity contribution in [3.63, 3.8) is 0 Å². The van der Waals surface area contributed by atoms with E-state index < -0.39 is 0 Å². The number of aromatic hydroxyl groups is 3. The van der Waals surface area contributed by atoms with Crippen molar-refractivity contribution >= 4 is 0 Å². The van der Waals surface area contributed by atoms with Crippen LogP contribution in [0.3, 0.4) is 0 Å². The number of hydrogen-bond donors (Lipinski definition) is 3. The maximum atomic E-state index is 10.2. The number of benzene rings is 2. The molecule has 0 aliphatic rings. The van der Waals surface area contributed by atoms with Gasteiger partial charge in [-0.1, -0.05) is 12.1 Å². The maximum Gasteiger partial charge on any atom is 0.165 e. The van der Waals surface area contributed by atoms with E-state index in [0.717, 1.165) is 16.7 Å². The molecule has 0 radical (unpaired) electrons. The zero-order valence-electron chi connectivity index (χ0n) is 10.7. The summed E-state index contributed by atoms with van der Waals surface area (Å²) in [6.45, 7) is 5.72. The lowest BCUT2D eigenvalue weighted by Crippen LogP contribution is -1.91. The Kier molecular flexibility index (Phi) is 2.91. The molecule has 3 nitrogen and oxygen atoms in total. The van der Waals surface area contributed by atoms with Crippen molar-refractivity contribution in [1.82, 2.24) is 0 Å². The minimum atomic E-state index is -0.213. The summed E-state index contributed by atoms with van der Waals surface area (Å²) in [7, 11) is 0. The molecule has 0 aromatic heterocycles. The van der Waals surface area contributed by atoms with Crippen LogP contribution in [0.2, 0.25) is 0 Å². The first kappa shape index (κ1) is 12.3. The van der Waals surface area contributed by atoms with E-state index in [9.17, 15) is 15.3 Å². The average molecular weight is 244 g/mol. The second kappa shape index (κ2) is 4.26. The summed E-state index contributed by atoms with van der Waals surface area (Å²) in [4.78, 5) is 0. The zero-order valence-corrected chi connectivity index (χ0v) is 10.7. The van der Waals surface area contributed by atoms with Gasteiger partial charge in [0.2, 0.25) is 0 Å². The highest BCUT2D eigenvalue weighted by atomic mass is 16.3. The molecule has 0 aliphatic heterocycles. The summed E-state index contributed by atoms with van der Waals surface area (Å²) in [6, 6.07) is 6.52. The molecule has 2 rings (SSSR count). The Hall–Kier alpha value is -2.16. The van der Waals surface area contributed by atoms with Gasteiger partial charge in [0.25, 0.3) is 0 Å². The molecule has 18 heavy (non-hydrogen) atoms. The Morgan fingerprint density at radius 2 is 1.44 bits per heavy atom. The van der Waals surface area contributed by atoms with Crippen LogP contribution in [0.25, 0.3) is 11.1 Å². The second-order valence-corrected chi connectivity index (χ2v) is 4.51. The Morgan fingerprint density at radius 1 is 0.778 bits per heavy atom. The number of para-hydroxylation sites is 1. The number of phenols is 3. The van der Waals surface area contributed by atoms with E-state index in [1.807, 2.05) is 26.8 Å². The van der Waals surface area contributed by atoms with E-state index >= 15 is 0 Å². The fourth-order valence-corrected chi connectivity index (χ4v) is 2.02. The molecular weight excluding hydrogens is 228 g/mol. The van der Waals surface area contributed by atoms with E-state index in [1.54, 1.807) is 12.1 Å². The Bertz CT molecular complexity index is 616. The summed E-state index contributed by atoms with van der Waals surface area (Å²) in [5.74, 6) is -0.266. The molecule has 3 heteroatoms. The van der Waals surface area contributed by atoms with Gasteiger partial charge in [0.05, 0.1) is 0 Å². The minimum absolute atomic E-state index is 0.138. The highest BCUT2D eigenvalue weighted by Crippen LogP contribution is 2.42. The van der Waals surface area contributed by atoms with Gasteiger partial charge in [-0.3, -0.25) is 0 Å². The van der Waals surface area contributed by atoms with Crippen molar-refractivity contribution in [3.05, 3.63) is 41.0 Å². The smallest absolute Gasteiger partial charge is 0.165 e. The van der Waals surface area contributed by atoms with Crippen molar-refractivity contribution in [3.8, 4) is 28.4 Å². The van der Waals surface area contributed by atoms with E-state index in [0.29, 0.717) is 11.1 Å². The Morgan fingerprint density at radius 3 is 2.11 bits per heavy atom. The summed E-state index contributed by atoms with van der Waals surface area (Å²) in [5.41, 5.74) is 3.80. The highest BCUT2D eigenvalue weighted by molar-refractivity contribution is 5.79. The number of aryl methyl sites for hydroxylation is 1. The van der Waals surface area contributed by atoms with Gasteiger partial charge in [-0.05, 0) is 49.6 Å². The molecule has 3 N–H and O–H groups in total. The molecule has 0 fully saturated rings. The van der Waals surface area contributed by atoms with Gasteiger partial charge in [0.15, 0.2) is 11.5 Å². The summed E-state index contributed by atoms with van der Waals surface area (Å²) in [6.07, 6.45) is 0. The first-order chi connectivity index (χ1) is 8.43. The van der Waals surface area contributed by atoms with Crippen LogP contribution in [0.4, 0.5) is 0 Å². The molecule has 0 bridgehead atoms. The average Bonchev–Trinajstić information content (AvgIpc) is 2.35. The van der Waals surface area contributed by atoms with Gasteiger partial charge in [-0.2, -0.15) is 0 Å². The molecule has 94 valence electrons. The van der Waals surface area contributed by atoms with Crippen LogP contribution >= 0.6 is 0 Å². The first-order valence-corrected chi connectivity index (χ1v) is 5.74. The van der Waals surface area contributed by atoms with Gasteiger partial charge in [0.1, 0.15) is 5.75 Å². The zero-order chi connectivity index (χ0) is 13.4. The molecule has 0 aliphatic carbocycles. The van der Waals surface area contributed by atoms with Crippen LogP contribution in [0, 0.1) is 20.8 Å². The van der Waals surface area contributed by atoms with E-state index in [-0.39, 0.29) is 17.2 Å². The van der Waals surface area contributed by atoms with Gasteiger partial charge in [-0.25, -0.2) is 0 Å². The van der Waals surface area contributed by atoms with E-state index in [4.69, 9.17) is 0 Å². The third-order valence-electron chi connectivity index (χ3n) is 3.43. The fraction of sp³-hybridized carbons (Fsp3) is 0.200. The molecule has 0 heterocycles. The lowest BCUT2D eigenvalue weighted by atomic mass is 9.94. The van der Waals surface area contributed by atoms with E-state index in [2.05, 4.69) is 0 Å². The summed E-state index contributed by atoms with van der Waals surface area (Å²) in [5, 5.41) is 29.6. The number of hydrogen-bond acceptors (Lipinski definition) is 3. The summed E-state index contributed by atoms with van der Waals surface area (Å²) >= 11 is 0. The fourth-order valence-electron chi connectivity index (χ4n) is 2.02. The Labute approximate surface area is 106 Å². The second-order valence-electron chi connectivity index (χ2n) is 4.51. The SMILES string of the molecule is Cc1cc(-c2cccc(O)c2O)c(O)c(C)c1C. The molecule has 0 spiro atoms. The lowest BCUT2D eigenvalue weighted by molar-refractivity contribution is 0.404. The van der Waals surface area contributed by atoms with Crippen LogP contribution in [-0.4, -0.2) is 15.3 Å². The predicted molar refractivity (Wildman–Crippen MR) is 71.1 cm³/mol. The van der Waals surface area contributed by atoms with Crippen LogP contribution in [-0.2, 0) is 0 Å². The molecule has 0 saturated carbocycles. The molecule has 0 unspecified atom stereocenters. The van der Waals surface area contributed by atoms with Gasteiger partial charge in [-0.15, -0.1) is 0 Å². The predicted octanol–water partition coefficient (Wildman–Crippen LogP) is 3.40. The normalized spacial score (nSPS) is 10.6. The lowest BCUT2D eigenvalue weighted by Gasteiger charge is -2.14. The first-order valence-electron chi connectivity index (χ1n) is 5.74. The third-order valence-corrected chi connectivity index (χ3v) is 3.43.